The summed E-state index contributed by atoms with van der Waals surface area (Å²) in [5.74, 6) is 0.275. The van der Waals surface area contributed by atoms with Crippen LogP contribution in [0.15, 0.2) is 28.6 Å². The summed E-state index contributed by atoms with van der Waals surface area (Å²) >= 11 is 2.68. The lowest BCUT2D eigenvalue weighted by atomic mass is 10.0. The van der Waals surface area contributed by atoms with E-state index in [4.69, 9.17) is 0 Å². The fourth-order valence-corrected chi connectivity index (χ4v) is 3.61. The molecule has 2 rings (SSSR count). The minimum atomic E-state index is -0.213. The van der Waals surface area contributed by atoms with Gasteiger partial charge in [0.15, 0.2) is 4.34 Å². The number of anilines is 2. The molecule has 0 unspecified atom stereocenters. The molecule has 0 spiro atoms. The molecule has 2 aromatic rings. The minimum Gasteiger partial charge on any atom is -0.355 e. The standard InChI is InChI=1S/C17H23N5O2S2/c1-4-18-14(23)9-19-15(24)10-25-17-22-21-16(26-17)20-13-7-5-12(6-8-13)11(2)3/h5-8,11H,4,9-10H2,1-3H3,(H,18,23)(H,19,24)(H,20,21). The molecule has 1 aromatic heterocycles. The first kappa shape index (κ1) is 20.2. The van der Waals surface area contributed by atoms with E-state index in [0.29, 0.717) is 21.9 Å². The SMILES string of the molecule is CCNC(=O)CNC(=O)CSc1nnc(Nc2ccc(C(C)C)cc2)s1. The number of nitrogens with zero attached hydrogens (tertiary/aromatic N) is 2. The highest BCUT2D eigenvalue weighted by atomic mass is 32.2. The zero-order valence-electron chi connectivity index (χ0n) is 15.0. The molecule has 0 atom stereocenters. The van der Waals surface area contributed by atoms with Gasteiger partial charge in [0.25, 0.3) is 0 Å². The lowest BCUT2D eigenvalue weighted by Gasteiger charge is -2.06. The van der Waals surface area contributed by atoms with Crippen LogP contribution in [-0.2, 0) is 9.59 Å². The van der Waals surface area contributed by atoms with E-state index in [1.807, 2.05) is 19.1 Å². The van der Waals surface area contributed by atoms with Gasteiger partial charge in [0.2, 0.25) is 16.9 Å². The summed E-state index contributed by atoms with van der Waals surface area (Å²) < 4.78 is 0.694. The number of carbonyl (C=O) groups is 2. The van der Waals surface area contributed by atoms with E-state index in [0.717, 1.165) is 5.69 Å². The summed E-state index contributed by atoms with van der Waals surface area (Å²) in [6, 6.07) is 8.20. The minimum absolute atomic E-state index is 0.0114. The van der Waals surface area contributed by atoms with E-state index in [9.17, 15) is 9.59 Å². The number of benzene rings is 1. The largest absolute Gasteiger partial charge is 0.355 e. The maximum atomic E-state index is 11.7. The molecule has 140 valence electrons. The van der Waals surface area contributed by atoms with Crippen molar-refractivity contribution in [3.05, 3.63) is 29.8 Å². The smallest absolute Gasteiger partial charge is 0.239 e. The van der Waals surface area contributed by atoms with Crippen LogP contribution in [0.2, 0.25) is 0 Å². The number of hydrogen-bond donors (Lipinski definition) is 3. The molecule has 7 nitrogen and oxygen atoms in total. The Bertz CT molecular complexity index is 731. The van der Waals surface area contributed by atoms with Crippen molar-refractivity contribution in [3.63, 3.8) is 0 Å². The molecule has 0 radical (unpaired) electrons. The molecule has 0 aliphatic heterocycles. The molecular weight excluding hydrogens is 370 g/mol. The summed E-state index contributed by atoms with van der Waals surface area (Å²) in [4.78, 5) is 23.0. The lowest BCUT2D eigenvalue weighted by molar-refractivity contribution is -0.124. The Morgan fingerprint density at radius 1 is 1.12 bits per heavy atom. The third-order valence-corrected chi connectivity index (χ3v) is 5.35. The van der Waals surface area contributed by atoms with E-state index in [1.165, 1.54) is 28.7 Å². The van der Waals surface area contributed by atoms with Gasteiger partial charge in [0, 0.05) is 12.2 Å². The monoisotopic (exact) mass is 393 g/mol. The summed E-state index contributed by atoms with van der Waals surface area (Å²) in [6.45, 7) is 6.67. The lowest BCUT2D eigenvalue weighted by Crippen LogP contribution is -2.37. The van der Waals surface area contributed by atoms with Crippen molar-refractivity contribution < 1.29 is 9.59 Å². The number of aromatic nitrogens is 2. The first-order valence-corrected chi connectivity index (χ1v) is 10.1. The molecule has 9 heteroatoms. The van der Waals surface area contributed by atoms with E-state index in [2.05, 4.69) is 52.1 Å². The number of amides is 2. The summed E-state index contributed by atoms with van der Waals surface area (Å²) in [5, 5.41) is 17.2. The normalized spacial score (nSPS) is 10.6. The molecule has 0 aliphatic carbocycles. The van der Waals surface area contributed by atoms with Crippen LogP contribution in [0.1, 0.15) is 32.3 Å². The number of thioether (sulfide) groups is 1. The maximum absolute atomic E-state index is 11.7. The summed E-state index contributed by atoms with van der Waals surface area (Å²) in [6.07, 6.45) is 0. The number of carbonyl (C=O) groups excluding carboxylic acids is 2. The van der Waals surface area contributed by atoms with E-state index in [-0.39, 0.29) is 24.1 Å². The van der Waals surface area contributed by atoms with Gasteiger partial charge in [-0.2, -0.15) is 0 Å². The topological polar surface area (TPSA) is 96.0 Å². The van der Waals surface area contributed by atoms with Gasteiger partial charge in [-0.25, -0.2) is 0 Å². The van der Waals surface area contributed by atoms with Gasteiger partial charge in [-0.1, -0.05) is 49.1 Å². The van der Waals surface area contributed by atoms with Crippen LogP contribution < -0.4 is 16.0 Å². The molecule has 3 N–H and O–H groups in total. The van der Waals surface area contributed by atoms with Crippen LogP contribution >= 0.6 is 23.1 Å². The molecule has 0 fully saturated rings. The molecule has 1 heterocycles. The second-order valence-corrected chi connectivity index (χ2v) is 7.99. The van der Waals surface area contributed by atoms with Gasteiger partial charge in [0.05, 0.1) is 12.3 Å². The van der Waals surface area contributed by atoms with Crippen molar-refractivity contribution in [3.8, 4) is 0 Å². The van der Waals surface area contributed by atoms with Crippen molar-refractivity contribution in [1.82, 2.24) is 20.8 Å². The van der Waals surface area contributed by atoms with Gasteiger partial charge >= 0.3 is 0 Å². The van der Waals surface area contributed by atoms with Crippen LogP contribution in [0.25, 0.3) is 0 Å². The zero-order chi connectivity index (χ0) is 18.9. The second-order valence-electron chi connectivity index (χ2n) is 5.79. The summed E-state index contributed by atoms with van der Waals surface area (Å²) in [7, 11) is 0. The highest BCUT2D eigenvalue weighted by Crippen LogP contribution is 2.28. The van der Waals surface area contributed by atoms with E-state index < -0.39 is 0 Å². The van der Waals surface area contributed by atoms with Crippen LogP contribution in [0.5, 0.6) is 0 Å². The second kappa shape index (κ2) is 10.1. The van der Waals surface area contributed by atoms with Crippen LogP contribution in [0, 0.1) is 0 Å². The first-order valence-electron chi connectivity index (χ1n) is 8.34. The van der Waals surface area contributed by atoms with E-state index in [1.54, 1.807) is 0 Å². The zero-order valence-corrected chi connectivity index (χ0v) is 16.7. The van der Waals surface area contributed by atoms with Gasteiger partial charge < -0.3 is 16.0 Å². The van der Waals surface area contributed by atoms with Crippen molar-refractivity contribution in [2.45, 2.75) is 31.0 Å². The van der Waals surface area contributed by atoms with Gasteiger partial charge in [-0.3, -0.25) is 9.59 Å². The van der Waals surface area contributed by atoms with Gasteiger partial charge in [-0.05, 0) is 30.5 Å². The highest BCUT2D eigenvalue weighted by Gasteiger charge is 2.09. The average molecular weight is 394 g/mol. The average Bonchev–Trinajstić information content (AvgIpc) is 3.06. The fraction of sp³-hybridized carbons (Fsp3) is 0.412. The molecule has 1 aromatic carbocycles. The molecule has 26 heavy (non-hydrogen) atoms. The van der Waals surface area contributed by atoms with Crippen LogP contribution in [0.3, 0.4) is 0 Å². The third kappa shape index (κ3) is 6.64. The Morgan fingerprint density at radius 3 is 2.50 bits per heavy atom. The number of likely N-dealkylation sites (N-methyl/N-ethyl adjacent to an activating group) is 1. The molecular formula is C17H23N5O2S2. The maximum Gasteiger partial charge on any atom is 0.239 e. The molecule has 0 bridgehead atoms. The Kier molecular flexibility index (Phi) is 7.86. The third-order valence-electron chi connectivity index (χ3n) is 3.38. The van der Waals surface area contributed by atoms with Crippen molar-refractivity contribution in [1.29, 1.82) is 0 Å². The summed E-state index contributed by atoms with van der Waals surface area (Å²) in [5.41, 5.74) is 2.23. The Morgan fingerprint density at radius 2 is 1.85 bits per heavy atom. The predicted molar refractivity (Wildman–Crippen MR) is 106 cm³/mol. The van der Waals surface area contributed by atoms with Crippen molar-refractivity contribution >= 4 is 45.7 Å². The Hall–Kier alpha value is -2.13. The van der Waals surface area contributed by atoms with Crippen molar-refractivity contribution in [2.24, 2.45) is 0 Å². The quantitative estimate of drug-likeness (QED) is 0.567. The van der Waals surface area contributed by atoms with E-state index >= 15 is 0 Å². The predicted octanol–water partition coefficient (Wildman–Crippen LogP) is 2.75. The molecule has 2 amide bonds. The molecule has 0 saturated heterocycles. The molecule has 0 aliphatic rings. The Balaban J connectivity index is 1.78. The number of rotatable bonds is 9. The first-order chi connectivity index (χ1) is 12.5. The fourth-order valence-electron chi connectivity index (χ4n) is 2.01. The Labute approximate surface area is 161 Å². The van der Waals surface area contributed by atoms with Gasteiger partial charge in [-0.15, -0.1) is 10.2 Å². The van der Waals surface area contributed by atoms with Crippen molar-refractivity contribution in [2.75, 3.05) is 24.2 Å². The van der Waals surface area contributed by atoms with Gasteiger partial charge in [0.1, 0.15) is 0 Å². The van der Waals surface area contributed by atoms with Crippen LogP contribution in [-0.4, -0.2) is 40.9 Å². The molecule has 0 saturated carbocycles. The number of hydrogen-bond acceptors (Lipinski definition) is 7. The van der Waals surface area contributed by atoms with Crippen LogP contribution in [0.4, 0.5) is 10.8 Å². The number of nitrogens with one attached hydrogen (secondary N) is 3. The highest BCUT2D eigenvalue weighted by molar-refractivity contribution is 8.01.